The molecule has 94 valence electrons. The molecule has 1 aliphatic rings. The van der Waals surface area contributed by atoms with Gasteiger partial charge in [-0.05, 0) is 19.8 Å². The number of nitrogens with one attached hydrogen (secondary N) is 1. The summed E-state index contributed by atoms with van der Waals surface area (Å²) < 4.78 is 10.3. The Labute approximate surface area is 98.7 Å². The second-order valence-corrected chi connectivity index (χ2v) is 4.01. The minimum absolute atomic E-state index is 0.00333. The molecule has 0 aromatic carbocycles. The summed E-state index contributed by atoms with van der Waals surface area (Å²) in [5.41, 5.74) is 5.47. The average Bonchev–Trinajstić information content (AvgIpc) is 2.94. The van der Waals surface area contributed by atoms with E-state index in [0.717, 1.165) is 6.42 Å². The van der Waals surface area contributed by atoms with Crippen LogP contribution in [0.4, 0.5) is 0 Å². The van der Waals surface area contributed by atoms with Crippen molar-refractivity contribution < 1.29 is 14.1 Å². The van der Waals surface area contributed by atoms with Crippen LogP contribution in [0.5, 0.6) is 0 Å². The minimum atomic E-state index is -0.410. The fourth-order valence-corrected chi connectivity index (χ4v) is 1.76. The summed E-state index contributed by atoms with van der Waals surface area (Å²) >= 11 is 0. The van der Waals surface area contributed by atoms with Gasteiger partial charge < -0.3 is 20.3 Å². The van der Waals surface area contributed by atoms with Crippen molar-refractivity contribution in [3.63, 3.8) is 0 Å². The minimum Gasteiger partial charge on any atom is -0.364 e. The normalized spacial score (nSPS) is 23.9. The Kier molecular flexibility index (Phi) is 3.70. The first-order valence-corrected chi connectivity index (χ1v) is 5.61. The summed E-state index contributed by atoms with van der Waals surface area (Å²) in [6, 6.07) is 0. The van der Waals surface area contributed by atoms with Gasteiger partial charge in [-0.15, -0.1) is 0 Å². The monoisotopic (exact) mass is 240 g/mol. The molecule has 2 atom stereocenters. The molecule has 3 N–H and O–H groups in total. The highest BCUT2D eigenvalue weighted by molar-refractivity contribution is 5.80. The van der Waals surface area contributed by atoms with E-state index in [-0.39, 0.29) is 18.6 Å². The summed E-state index contributed by atoms with van der Waals surface area (Å²) in [7, 11) is 0. The van der Waals surface area contributed by atoms with Crippen molar-refractivity contribution in [3.05, 3.63) is 11.7 Å². The average molecular weight is 240 g/mol. The first kappa shape index (κ1) is 12.0. The molecule has 1 fully saturated rings. The van der Waals surface area contributed by atoms with Crippen LogP contribution in [0.1, 0.15) is 24.6 Å². The molecule has 17 heavy (non-hydrogen) atoms. The fraction of sp³-hybridized carbons (Fsp3) is 0.700. The maximum absolute atomic E-state index is 11.7. The van der Waals surface area contributed by atoms with E-state index >= 15 is 0 Å². The second-order valence-electron chi connectivity index (χ2n) is 4.01. The van der Waals surface area contributed by atoms with Crippen LogP contribution in [0.3, 0.4) is 0 Å². The summed E-state index contributed by atoms with van der Waals surface area (Å²) in [5, 5.41) is 6.33. The number of aryl methyl sites for hydroxylation is 1. The highest BCUT2D eigenvalue weighted by atomic mass is 16.5. The smallest absolute Gasteiger partial charge is 0.249 e. The highest BCUT2D eigenvalue weighted by Crippen LogP contribution is 2.18. The predicted octanol–water partition coefficient (Wildman–Crippen LogP) is -0.499. The van der Waals surface area contributed by atoms with E-state index in [2.05, 4.69) is 15.5 Å². The zero-order valence-electron chi connectivity index (χ0n) is 9.68. The van der Waals surface area contributed by atoms with Gasteiger partial charge in [0.1, 0.15) is 6.10 Å². The summed E-state index contributed by atoms with van der Waals surface area (Å²) in [5.74, 6) is 0.788. The highest BCUT2D eigenvalue weighted by Gasteiger charge is 2.29. The molecule has 2 heterocycles. The molecule has 1 aliphatic heterocycles. The van der Waals surface area contributed by atoms with Crippen molar-refractivity contribution in [3.8, 4) is 0 Å². The van der Waals surface area contributed by atoms with Crippen LogP contribution in [-0.4, -0.2) is 34.8 Å². The van der Waals surface area contributed by atoms with E-state index in [0.29, 0.717) is 24.7 Å². The topological polar surface area (TPSA) is 103 Å². The number of carbonyl (C=O) groups is 1. The molecular formula is C10H16N4O3. The predicted molar refractivity (Wildman–Crippen MR) is 57.8 cm³/mol. The quantitative estimate of drug-likeness (QED) is 0.735. The number of carbonyl (C=O) groups excluding carboxylic acids is 1. The molecule has 0 saturated carbocycles. The molecule has 1 aromatic rings. The number of hydrogen-bond acceptors (Lipinski definition) is 6. The third-order valence-corrected chi connectivity index (χ3v) is 2.65. The fourth-order valence-electron chi connectivity index (χ4n) is 1.76. The van der Waals surface area contributed by atoms with Gasteiger partial charge in [0.05, 0.1) is 12.6 Å². The number of amides is 1. The number of ether oxygens (including phenoxy) is 1. The summed E-state index contributed by atoms with van der Waals surface area (Å²) in [4.78, 5) is 15.7. The molecule has 1 amide bonds. The summed E-state index contributed by atoms with van der Waals surface area (Å²) in [6.07, 6.45) is 1.12. The van der Waals surface area contributed by atoms with Crippen molar-refractivity contribution in [2.24, 2.45) is 5.73 Å². The van der Waals surface area contributed by atoms with Crippen molar-refractivity contribution in [2.45, 2.75) is 38.5 Å². The van der Waals surface area contributed by atoms with Gasteiger partial charge in [-0.25, -0.2) is 0 Å². The molecule has 0 radical (unpaired) electrons. The Bertz CT molecular complexity index is 393. The van der Waals surface area contributed by atoms with E-state index in [4.69, 9.17) is 15.0 Å². The largest absolute Gasteiger partial charge is 0.364 e. The molecular weight excluding hydrogens is 224 g/mol. The molecule has 1 aromatic heterocycles. The van der Waals surface area contributed by atoms with Gasteiger partial charge in [0, 0.05) is 6.54 Å². The van der Waals surface area contributed by atoms with Gasteiger partial charge in [0.15, 0.2) is 5.82 Å². The van der Waals surface area contributed by atoms with Crippen molar-refractivity contribution in [1.82, 2.24) is 15.5 Å². The van der Waals surface area contributed by atoms with Crippen LogP contribution < -0.4 is 11.1 Å². The molecule has 0 bridgehead atoms. The van der Waals surface area contributed by atoms with Crippen molar-refractivity contribution >= 4 is 5.91 Å². The first-order chi connectivity index (χ1) is 8.19. The Morgan fingerprint density at radius 3 is 3.00 bits per heavy atom. The molecule has 0 aliphatic carbocycles. The lowest BCUT2D eigenvalue weighted by Crippen LogP contribution is -2.35. The Balaban J connectivity index is 1.78. The van der Waals surface area contributed by atoms with Crippen LogP contribution in [0.15, 0.2) is 4.52 Å². The maximum Gasteiger partial charge on any atom is 0.249 e. The van der Waals surface area contributed by atoms with E-state index in [1.807, 2.05) is 0 Å². The maximum atomic E-state index is 11.7. The van der Waals surface area contributed by atoms with Crippen LogP contribution in [0.25, 0.3) is 0 Å². The van der Waals surface area contributed by atoms with E-state index in [1.54, 1.807) is 6.92 Å². The lowest BCUT2D eigenvalue weighted by molar-refractivity contribution is -0.132. The standard InChI is InChI=1S/C10H16N4O3/c1-6-13-9(17-14-6)5-12-10(15)8-3-2-7(4-11)16-8/h7-8H,2-5,11H2,1H3,(H,12,15). The molecule has 7 nitrogen and oxygen atoms in total. The third-order valence-electron chi connectivity index (χ3n) is 2.65. The Morgan fingerprint density at radius 1 is 1.59 bits per heavy atom. The molecule has 1 saturated heterocycles. The molecule has 0 spiro atoms. The lowest BCUT2D eigenvalue weighted by Gasteiger charge is -2.11. The van der Waals surface area contributed by atoms with Crippen molar-refractivity contribution in [1.29, 1.82) is 0 Å². The number of nitrogens with zero attached hydrogens (tertiary/aromatic N) is 2. The van der Waals surface area contributed by atoms with Gasteiger partial charge in [0.2, 0.25) is 11.8 Å². The van der Waals surface area contributed by atoms with E-state index in [1.165, 1.54) is 0 Å². The molecule has 2 unspecified atom stereocenters. The van der Waals surface area contributed by atoms with Crippen LogP contribution in [0.2, 0.25) is 0 Å². The Hall–Kier alpha value is -1.47. The number of hydrogen-bond donors (Lipinski definition) is 2. The van der Waals surface area contributed by atoms with Gasteiger partial charge in [-0.1, -0.05) is 5.16 Å². The second kappa shape index (κ2) is 5.24. The summed E-state index contributed by atoms with van der Waals surface area (Å²) in [6.45, 7) is 2.40. The number of rotatable bonds is 4. The SMILES string of the molecule is Cc1noc(CNC(=O)C2CCC(CN)O2)n1. The van der Waals surface area contributed by atoms with Gasteiger partial charge in [-0.3, -0.25) is 4.79 Å². The van der Waals surface area contributed by atoms with Crippen molar-refractivity contribution in [2.75, 3.05) is 6.54 Å². The number of nitrogens with two attached hydrogens (primary N) is 1. The van der Waals surface area contributed by atoms with Crippen LogP contribution >= 0.6 is 0 Å². The number of aromatic nitrogens is 2. The zero-order chi connectivity index (χ0) is 12.3. The molecule has 2 rings (SSSR count). The van der Waals surface area contributed by atoms with Gasteiger partial charge in [0.25, 0.3) is 0 Å². The Morgan fingerprint density at radius 2 is 2.41 bits per heavy atom. The zero-order valence-corrected chi connectivity index (χ0v) is 9.68. The van der Waals surface area contributed by atoms with Crippen LogP contribution in [0, 0.1) is 6.92 Å². The molecule has 7 heteroatoms. The first-order valence-electron chi connectivity index (χ1n) is 5.61. The third kappa shape index (κ3) is 3.01. The van der Waals surface area contributed by atoms with E-state index in [9.17, 15) is 4.79 Å². The van der Waals surface area contributed by atoms with E-state index < -0.39 is 6.10 Å². The van der Waals surface area contributed by atoms with Gasteiger partial charge >= 0.3 is 0 Å². The van der Waals surface area contributed by atoms with Gasteiger partial charge in [-0.2, -0.15) is 4.98 Å². The lowest BCUT2D eigenvalue weighted by atomic mass is 10.2. The van der Waals surface area contributed by atoms with Crippen LogP contribution in [-0.2, 0) is 16.1 Å².